The molecular formula is C15H21NO2S. The summed E-state index contributed by atoms with van der Waals surface area (Å²) < 4.78 is 0. The van der Waals surface area contributed by atoms with Crippen LogP contribution in [-0.2, 0) is 0 Å². The Bertz CT molecular complexity index is 456. The van der Waals surface area contributed by atoms with E-state index in [9.17, 15) is 4.79 Å². The van der Waals surface area contributed by atoms with Gasteiger partial charge in [-0.15, -0.1) is 11.3 Å². The van der Waals surface area contributed by atoms with Crippen LogP contribution >= 0.6 is 11.3 Å². The zero-order chi connectivity index (χ0) is 14.1. The number of thiophene rings is 1. The van der Waals surface area contributed by atoms with Gasteiger partial charge in [0, 0.05) is 17.8 Å². The summed E-state index contributed by atoms with van der Waals surface area (Å²) in [4.78, 5) is 12.8. The standard InChI is InChI=1S/C15H21NO2S/c1-3-4-7-12(2)16-15(18)13-10-14(19-11-13)8-5-6-9-17/h10-12,17H,3-4,6-7,9H2,1-2H3,(H,16,18). The maximum atomic E-state index is 12.0. The van der Waals surface area contributed by atoms with Crippen molar-refractivity contribution in [3.8, 4) is 11.8 Å². The molecule has 0 bridgehead atoms. The molecule has 1 aromatic rings. The summed E-state index contributed by atoms with van der Waals surface area (Å²) in [6.45, 7) is 4.24. The first-order valence-corrected chi connectivity index (χ1v) is 7.54. The van der Waals surface area contributed by atoms with E-state index in [1.54, 1.807) is 6.07 Å². The minimum Gasteiger partial charge on any atom is -0.395 e. The third-order valence-electron chi connectivity index (χ3n) is 2.68. The highest BCUT2D eigenvalue weighted by Crippen LogP contribution is 2.14. The Morgan fingerprint density at radius 3 is 3.05 bits per heavy atom. The number of rotatable bonds is 6. The van der Waals surface area contributed by atoms with Gasteiger partial charge in [0.2, 0.25) is 0 Å². The number of unbranched alkanes of at least 4 members (excludes halogenated alkanes) is 1. The topological polar surface area (TPSA) is 49.3 Å². The SMILES string of the molecule is CCCCC(C)NC(=O)c1csc(C#CCCO)c1. The Hall–Kier alpha value is -1.31. The number of aliphatic hydroxyl groups is 1. The fraction of sp³-hybridized carbons (Fsp3) is 0.533. The van der Waals surface area contributed by atoms with Crippen molar-refractivity contribution >= 4 is 17.2 Å². The number of hydrogen-bond acceptors (Lipinski definition) is 3. The van der Waals surface area contributed by atoms with Crippen molar-refractivity contribution < 1.29 is 9.90 Å². The highest BCUT2D eigenvalue weighted by atomic mass is 32.1. The predicted molar refractivity (Wildman–Crippen MR) is 79.4 cm³/mol. The zero-order valence-electron chi connectivity index (χ0n) is 11.5. The van der Waals surface area contributed by atoms with Crippen molar-refractivity contribution in [2.75, 3.05) is 6.61 Å². The fourth-order valence-corrected chi connectivity index (χ4v) is 2.37. The molecule has 0 spiro atoms. The Kier molecular flexibility index (Phi) is 7.24. The molecule has 0 aromatic carbocycles. The molecule has 0 aliphatic rings. The van der Waals surface area contributed by atoms with E-state index >= 15 is 0 Å². The molecule has 104 valence electrons. The van der Waals surface area contributed by atoms with Crippen LogP contribution in [0.15, 0.2) is 11.4 Å². The summed E-state index contributed by atoms with van der Waals surface area (Å²) in [6.07, 6.45) is 3.75. The van der Waals surface area contributed by atoms with Gasteiger partial charge < -0.3 is 10.4 Å². The molecule has 19 heavy (non-hydrogen) atoms. The van der Waals surface area contributed by atoms with Crippen LogP contribution in [-0.4, -0.2) is 23.7 Å². The lowest BCUT2D eigenvalue weighted by Crippen LogP contribution is -2.32. The van der Waals surface area contributed by atoms with Gasteiger partial charge >= 0.3 is 0 Å². The Labute approximate surface area is 119 Å². The molecule has 0 aliphatic carbocycles. The second-order valence-corrected chi connectivity index (χ2v) is 5.40. The Morgan fingerprint density at radius 2 is 2.37 bits per heavy atom. The number of carbonyl (C=O) groups excluding carboxylic acids is 1. The molecule has 3 nitrogen and oxygen atoms in total. The van der Waals surface area contributed by atoms with E-state index in [0.29, 0.717) is 12.0 Å². The Morgan fingerprint density at radius 1 is 1.58 bits per heavy atom. The summed E-state index contributed by atoms with van der Waals surface area (Å²) in [5, 5.41) is 13.5. The fourth-order valence-electron chi connectivity index (χ4n) is 1.62. The predicted octanol–water partition coefficient (Wildman–Crippen LogP) is 2.79. The second-order valence-electron chi connectivity index (χ2n) is 4.49. The van der Waals surface area contributed by atoms with Crippen molar-refractivity contribution in [3.05, 3.63) is 21.9 Å². The molecule has 0 fully saturated rings. The molecule has 0 saturated carbocycles. The molecular weight excluding hydrogens is 258 g/mol. The van der Waals surface area contributed by atoms with Crippen LogP contribution in [0.25, 0.3) is 0 Å². The van der Waals surface area contributed by atoms with E-state index in [4.69, 9.17) is 5.11 Å². The monoisotopic (exact) mass is 279 g/mol. The first-order chi connectivity index (χ1) is 9.17. The highest BCUT2D eigenvalue weighted by molar-refractivity contribution is 7.10. The third-order valence-corrected chi connectivity index (χ3v) is 3.52. The van der Waals surface area contributed by atoms with Gasteiger partial charge in [-0.25, -0.2) is 0 Å². The van der Waals surface area contributed by atoms with Crippen LogP contribution in [0.2, 0.25) is 0 Å². The molecule has 0 saturated heterocycles. The third kappa shape index (κ3) is 5.91. The molecule has 1 unspecified atom stereocenters. The van der Waals surface area contributed by atoms with E-state index < -0.39 is 0 Å². The van der Waals surface area contributed by atoms with Crippen molar-refractivity contribution in [1.82, 2.24) is 5.32 Å². The van der Waals surface area contributed by atoms with Gasteiger partial charge in [0.25, 0.3) is 5.91 Å². The quantitative estimate of drug-likeness (QED) is 0.787. The number of amides is 1. The molecule has 0 radical (unpaired) electrons. The summed E-state index contributed by atoms with van der Waals surface area (Å²) in [5.41, 5.74) is 0.668. The average molecular weight is 279 g/mol. The number of carbonyl (C=O) groups is 1. The van der Waals surface area contributed by atoms with Gasteiger partial charge in [-0.2, -0.15) is 0 Å². The lowest BCUT2D eigenvalue weighted by molar-refractivity contribution is 0.0938. The summed E-state index contributed by atoms with van der Waals surface area (Å²) in [7, 11) is 0. The van der Waals surface area contributed by atoms with E-state index in [2.05, 4.69) is 24.1 Å². The van der Waals surface area contributed by atoms with E-state index in [1.165, 1.54) is 11.3 Å². The molecule has 1 heterocycles. The average Bonchev–Trinajstić information content (AvgIpc) is 2.85. The largest absolute Gasteiger partial charge is 0.395 e. The molecule has 1 amide bonds. The Balaban J connectivity index is 2.52. The van der Waals surface area contributed by atoms with Crippen molar-refractivity contribution in [2.45, 2.75) is 45.6 Å². The van der Waals surface area contributed by atoms with Crippen LogP contribution in [0.1, 0.15) is 54.8 Å². The number of nitrogens with one attached hydrogen (secondary N) is 1. The van der Waals surface area contributed by atoms with Crippen molar-refractivity contribution in [3.63, 3.8) is 0 Å². The smallest absolute Gasteiger partial charge is 0.252 e. The van der Waals surface area contributed by atoms with Gasteiger partial charge in [-0.05, 0) is 19.4 Å². The molecule has 2 N–H and O–H groups in total. The molecule has 1 rings (SSSR count). The zero-order valence-corrected chi connectivity index (χ0v) is 12.3. The second kappa shape index (κ2) is 8.73. The number of aliphatic hydroxyl groups excluding tert-OH is 1. The summed E-state index contributed by atoms with van der Waals surface area (Å²) in [5.74, 6) is 5.76. The van der Waals surface area contributed by atoms with Crippen LogP contribution in [0.4, 0.5) is 0 Å². The maximum Gasteiger partial charge on any atom is 0.252 e. The molecule has 4 heteroatoms. The minimum atomic E-state index is -0.0324. The van der Waals surface area contributed by atoms with Gasteiger partial charge in [0.05, 0.1) is 17.0 Å². The van der Waals surface area contributed by atoms with Gasteiger partial charge in [0.1, 0.15) is 0 Å². The van der Waals surface area contributed by atoms with Gasteiger partial charge in [-0.3, -0.25) is 4.79 Å². The van der Waals surface area contributed by atoms with E-state index in [0.717, 1.165) is 24.1 Å². The normalized spacial score (nSPS) is 11.5. The highest BCUT2D eigenvalue weighted by Gasteiger charge is 2.10. The van der Waals surface area contributed by atoms with Crippen LogP contribution < -0.4 is 5.32 Å². The van der Waals surface area contributed by atoms with Gasteiger partial charge in [-0.1, -0.05) is 31.6 Å². The minimum absolute atomic E-state index is 0.0324. The van der Waals surface area contributed by atoms with Crippen molar-refractivity contribution in [2.24, 2.45) is 0 Å². The molecule has 1 atom stereocenters. The van der Waals surface area contributed by atoms with Gasteiger partial charge in [0.15, 0.2) is 0 Å². The summed E-state index contributed by atoms with van der Waals surface area (Å²) >= 11 is 1.46. The van der Waals surface area contributed by atoms with E-state index in [1.807, 2.05) is 12.3 Å². The van der Waals surface area contributed by atoms with E-state index in [-0.39, 0.29) is 18.6 Å². The molecule has 0 aliphatic heterocycles. The molecule has 1 aromatic heterocycles. The first kappa shape index (κ1) is 15.7. The lowest BCUT2D eigenvalue weighted by atomic mass is 10.1. The van der Waals surface area contributed by atoms with Crippen LogP contribution in [0, 0.1) is 11.8 Å². The lowest BCUT2D eigenvalue weighted by Gasteiger charge is -2.12. The van der Waals surface area contributed by atoms with Crippen LogP contribution in [0.5, 0.6) is 0 Å². The first-order valence-electron chi connectivity index (χ1n) is 6.66. The van der Waals surface area contributed by atoms with Crippen LogP contribution in [0.3, 0.4) is 0 Å². The number of hydrogen-bond donors (Lipinski definition) is 2. The maximum absolute atomic E-state index is 12.0. The van der Waals surface area contributed by atoms with Crippen molar-refractivity contribution in [1.29, 1.82) is 0 Å². The summed E-state index contributed by atoms with van der Waals surface area (Å²) in [6, 6.07) is 2.01.